The van der Waals surface area contributed by atoms with Crippen molar-refractivity contribution in [1.29, 1.82) is 0 Å². The van der Waals surface area contributed by atoms with Crippen molar-refractivity contribution in [2.45, 2.75) is 10.8 Å². The third-order valence-corrected chi connectivity index (χ3v) is 5.04. The Balaban J connectivity index is 1.71. The van der Waals surface area contributed by atoms with Gasteiger partial charge in [0.25, 0.3) is 0 Å². The number of aromatic nitrogens is 2. The molecule has 3 aromatic rings. The molecule has 0 N–H and O–H groups in total. The highest BCUT2D eigenvalue weighted by Crippen LogP contribution is 2.28. The standard InChI is InChI=1S/C15H11BrN2S2/c16-12-5-3-4-11(8-12)15-18-13(10-20-15)9-19-14-6-1-2-7-17-14/h1-8,10H,9H2. The molecule has 0 spiro atoms. The number of thiazole rings is 1. The first-order valence-electron chi connectivity index (χ1n) is 6.05. The van der Waals surface area contributed by atoms with Gasteiger partial charge in [-0.1, -0.05) is 34.1 Å². The number of benzene rings is 1. The van der Waals surface area contributed by atoms with Crippen molar-refractivity contribution in [2.75, 3.05) is 0 Å². The van der Waals surface area contributed by atoms with E-state index in [4.69, 9.17) is 0 Å². The van der Waals surface area contributed by atoms with E-state index in [1.807, 2.05) is 36.5 Å². The molecule has 0 amide bonds. The van der Waals surface area contributed by atoms with Crippen LogP contribution in [0.15, 0.2) is 63.5 Å². The van der Waals surface area contributed by atoms with Crippen LogP contribution in [0.1, 0.15) is 5.69 Å². The molecule has 2 nitrogen and oxygen atoms in total. The molecule has 0 aliphatic heterocycles. The second-order valence-corrected chi connectivity index (χ2v) is 6.88. The van der Waals surface area contributed by atoms with E-state index in [-0.39, 0.29) is 0 Å². The maximum atomic E-state index is 4.69. The van der Waals surface area contributed by atoms with E-state index in [0.29, 0.717) is 0 Å². The molecule has 2 aromatic heterocycles. The van der Waals surface area contributed by atoms with Gasteiger partial charge < -0.3 is 0 Å². The molecule has 0 aliphatic carbocycles. The highest BCUT2D eigenvalue weighted by molar-refractivity contribution is 9.10. The molecule has 0 unspecified atom stereocenters. The summed E-state index contributed by atoms with van der Waals surface area (Å²) in [7, 11) is 0. The summed E-state index contributed by atoms with van der Waals surface area (Å²) in [6.07, 6.45) is 1.82. The van der Waals surface area contributed by atoms with Crippen LogP contribution >= 0.6 is 39.0 Å². The summed E-state index contributed by atoms with van der Waals surface area (Å²) in [4.78, 5) is 8.99. The van der Waals surface area contributed by atoms with E-state index in [1.165, 1.54) is 0 Å². The van der Waals surface area contributed by atoms with Crippen LogP contribution in [0.2, 0.25) is 0 Å². The highest BCUT2D eigenvalue weighted by atomic mass is 79.9. The Morgan fingerprint density at radius 2 is 2.10 bits per heavy atom. The molecule has 2 heterocycles. The lowest BCUT2D eigenvalue weighted by Crippen LogP contribution is -1.83. The smallest absolute Gasteiger partial charge is 0.123 e. The zero-order valence-electron chi connectivity index (χ0n) is 10.5. The zero-order chi connectivity index (χ0) is 13.8. The zero-order valence-corrected chi connectivity index (χ0v) is 13.7. The van der Waals surface area contributed by atoms with E-state index in [1.54, 1.807) is 23.1 Å². The van der Waals surface area contributed by atoms with E-state index in [9.17, 15) is 0 Å². The van der Waals surface area contributed by atoms with Crippen LogP contribution in [-0.2, 0) is 5.75 Å². The van der Waals surface area contributed by atoms with Crippen molar-refractivity contribution < 1.29 is 0 Å². The van der Waals surface area contributed by atoms with Gasteiger partial charge in [0.05, 0.1) is 10.7 Å². The van der Waals surface area contributed by atoms with E-state index in [0.717, 1.165) is 31.5 Å². The van der Waals surface area contributed by atoms with E-state index >= 15 is 0 Å². The first kappa shape index (κ1) is 13.8. The summed E-state index contributed by atoms with van der Waals surface area (Å²) in [5.74, 6) is 0.849. The average Bonchev–Trinajstić information content (AvgIpc) is 2.95. The summed E-state index contributed by atoms with van der Waals surface area (Å²) < 4.78 is 1.08. The third kappa shape index (κ3) is 3.48. The molecule has 1 aromatic carbocycles. The summed E-state index contributed by atoms with van der Waals surface area (Å²) in [5.41, 5.74) is 2.25. The fraction of sp³-hybridized carbons (Fsp3) is 0.0667. The largest absolute Gasteiger partial charge is 0.250 e. The summed E-state index contributed by atoms with van der Waals surface area (Å²) >= 11 is 6.88. The topological polar surface area (TPSA) is 25.8 Å². The van der Waals surface area contributed by atoms with Crippen LogP contribution < -0.4 is 0 Å². The maximum Gasteiger partial charge on any atom is 0.123 e. The van der Waals surface area contributed by atoms with Crippen molar-refractivity contribution >= 4 is 39.0 Å². The van der Waals surface area contributed by atoms with Gasteiger partial charge in [-0.05, 0) is 24.3 Å². The number of nitrogens with zero attached hydrogens (tertiary/aromatic N) is 2. The Kier molecular flexibility index (Phi) is 4.50. The minimum absolute atomic E-state index is 0.849. The molecule has 5 heteroatoms. The predicted molar refractivity (Wildman–Crippen MR) is 89.0 cm³/mol. The van der Waals surface area contributed by atoms with E-state index < -0.39 is 0 Å². The molecule has 20 heavy (non-hydrogen) atoms. The molecule has 3 rings (SSSR count). The molecule has 0 bridgehead atoms. The van der Waals surface area contributed by atoms with Gasteiger partial charge >= 0.3 is 0 Å². The lowest BCUT2D eigenvalue weighted by molar-refractivity contribution is 1.12. The minimum atomic E-state index is 0.849. The Labute approximate surface area is 134 Å². The monoisotopic (exact) mass is 362 g/mol. The molecular formula is C15H11BrN2S2. The van der Waals surface area contributed by atoms with Gasteiger partial charge in [-0.25, -0.2) is 9.97 Å². The number of hydrogen-bond acceptors (Lipinski definition) is 4. The molecule has 0 fully saturated rings. The van der Waals surface area contributed by atoms with Gasteiger partial charge in [0.1, 0.15) is 5.01 Å². The summed E-state index contributed by atoms with van der Waals surface area (Å²) in [5, 5.41) is 4.21. The van der Waals surface area contributed by atoms with E-state index in [2.05, 4.69) is 43.4 Å². The second kappa shape index (κ2) is 6.52. The maximum absolute atomic E-state index is 4.69. The number of rotatable bonds is 4. The Bertz CT molecular complexity index is 698. The van der Waals surface area contributed by atoms with Crippen LogP contribution in [0.25, 0.3) is 10.6 Å². The lowest BCUT2D eigenvalue weighted by Gasteiger charge is -1.98. The minimum Gasteiger partial charge on any atom is -0.250 e. The number of thioether (sulfide) groups is 1. The van der Waals surface area contributed by atoms with Crippen molar-refractivity contribution in [3.05, 3.63) is 64.2 Å². The lowest BCUT2D eigenvalue weighted by atomic mass is 10.2. The molecule has 0 atom stereocenters. The van der Waals surface area contributed by atoms with Crippen LogP contribution in [-0.4, -0.2) is 9.97 Å². The SMILES string of the molecule is Brc1cccc(-c2nc(CSc3ccccn3)cs2)c1. The number of hydrogen-bond donors (Lipinski definition) is 0. The number of pyridine rings is 1. The fourth-order valence-corrected chi connectivity index (χ4v) is 3.78. The van der Waals surface area contributed by atoms with Crippen LogP contribution in [0.3, 0.4) is 0 Å². The van der Waals surface area contributed by atoms with Crippen molar-refractivity contribution in [1.82, 2.24) is 9.97 Å². The first-order valence-corrected chi connectivity index (χ1v) is 8.71. The van der Waals surface area contributed by atoms with Gasteiger partial charge in [0.15, 0.2) is 0 Å². The van der Waals surface area contributed by atoms with Gasteiger partial charge in [-0.3, -0.25) is 0 Å². The molecule has 0 aliphatic rings. The van der Waals surface area contributed by atoms with Crippen LogP contribution in [0, 0.1) is 0 Å². The highest BCUT2D eigenvalue weighted by Gasteiger charge is 2.06. The molecule has 0 saturated heterocycles. The normalized spacial score (nSPS) is 10.7. The van der Waals surface area contributed by atoms with Crippen molar-refractivity contribution in [3.8, 4) is 10.6 Å². The molecule has 100 valence electrons. The molecular weight excluding hydrogens is 352 g/mol. The summed E-state index contributed by atoms with van der Waals surface area (Å²) in [6, 6.07) is 14.2. The van der Waals surface area contributed by atoms with Gasteiger partial charge in [-0.2, -0.15) is 0 Å². The van der Waals surface area contributed by atoms with Gasteiger partial charge in [0.2, 0.25) is 0 Å². The third-order valence-electron chi connectivity index (χ3n) is 2.63. The van der Waals surface area contributed by atoms with Crippen LogP contribution in [0.4, 0.5) is 0 Å². The Hall–Kier alpha value is -1.17. The van der Waals surface area contributed by atoms with Gasteiger partial charge in [0, 0.05) is 27.4 Å². The molecule has 0 saturated carbocycles. The second-order valence-electron chi connectivity index (χ2n) is 4.11. The fourth-order valence-electron chi connectivity index (χ4n) is 1.71. The quantitative estimate of drug-likeness (QED) is 0.592. The summed E-state index contributed by atoms with van der Waals surface area (Å²) in [6.45, 7) is 0. The first-order chi connectivity index (χ1) is 9.81. The predicted octanol–water partition coefficient (Wildman–Crippen LogP) is 5.26. The van der Waals surface area contributed by atoms with Crippen LogP contribution in [0.5, 0.6) is 0 Å². The Morgan fingerprint density at radius 1 is 1.15 bits per heavy atom. The number of halogens is 1. The van der Waals surface area contributed by atoms with Crippen molar-refractivity contribution in [3.63, 3.8) is 0 Å². The van der Waals surface area contributed by atoms with Crippen molar-refractivity contribution in [2.24, 2.45) is 0 Å². The van der Waals surface area contributed by atoms with Gasteiger partial charge in [-0.15, -0.1) is 23.1 Å². The average molecular weight is 363 g/mol. The molecule has 0 radical (unpaired) electrons. The Morgan fingerprint density at radius 3 is 2.90 bits per heavy atom.